The van der Waals surface area contributed by atoms with Gasteiger partial charge in [0.05, 0.1) is 5.70 Å². The summed E-state index contributed by atoms with van der Waals surface area (Å²) in [5.41, 5.74) is 6.41. The van der Waals surface area contributed by atoms with E-state index in [1.54, 1.807) is 30.3 Å². The molecule has 4 N–H and O–H groups in total. The van der Waals surface area contributed by atoms with Gasteiger partial charge in [-0.25, -0.2) is 14.2 Å². The van der Waals surface area contributed by atoms with Crippen LogP contribution in [0.1, 0.15) is 24.5 Å². The molecule has 9 nitrogen and oxygen atoms in total. The molecule has 11 heteroatoms. The predicted molar refractivity (Wildman–Crippen MR) is 145 cm³/mol. The second-order valence-corrected chi connectivity index (χ2v) is 10.2. The van der Waals surface area contributed by atoms with Crippen molar-refractivity contribution >= 4 is 40.4 Å². The molecule has 5 rings (SSSR count). The van der Waals surface area contributed by atoms with Crippen LogP contribution in [0.2, 0.25) is 0 Å². The lowest BCUT2D eigenvalue weighted by Crippen LogP contribution is -2.43. The van der Waals surface area contributed by atoms with E-state index >= 15 is 4.39 Å². The first-order chi connectivity index (χ1) is 18.1. The number of nitrogens with one attached hydrogen (secondary N) is 1. The van der Waals surface area contributed by atoms with E-state index in [0.29, 0.717) is 24.5 Å². The van der Waals surface area contributed by atoms with Crippen molar-refractivity contribution < 1.29 is 14.3 Å². The highest BCUT2D eigenvalue weighted by molar-refractivity contribution is 6.31. The lowest BCUT2D eigenvalue weighted by molar-refractivity contribution is -0.114. The Morgan fingerprint density at radius 2 is 2.00 bits per heavy atom. The highest BCUT2D eigenvalue weighted by Gasteiger charge is 2.50. The van der Waals surface area contributed by atoms with Gasteiger partial charge < -0.3 is 25.6 Å². The number of aryl methyl sites for hydroxylation is 1. The smallest absolute Gasteiger partial charge is 0.332 e. The Morgan fingerprint density at radius 3 is 2.61 bits per heavy atom. The minimum absolute atomic E-state index is 0.0571. The second-order valence-electron chi connectivity index (χ2n) is 9.61. The van der Waals surface area contributed by atoms with Crippen LogP contribution in [0, 0.1) is 0 Å². The van der Waals surface area contributed by atoms with Crippen LogP contribution in [0.25, 0.3) is 11.3 Å². The van der Waals surface area contributed by atoms with E-state index in [0.717, 1.165) is 11.0 Å². The van der Waals surface area contributed by atoms with E-state index in [1.807, 2.05) is 11.0 Å². The molecule has 1 aliphatic carbocycles. The molecule has 2 aliphatic rings. The van der Waals surface area contributed by atoms with E-state index in [9.17, 15) is 14.7 Å². The number of carbonyl (C=O) groups excluding carboxylic acids is 1. The summed E-state index contributed by atoms with van der Waals surface area (Å²) in [5.74, 6) is -0.506. The fraction of sp³-hybridized carbons (Fsp3) is 0.296. The molecule has 1 amide bonds. The fourth-order valence-electron chi connectivity index (χ4n) is 5.02. The van der Waals surface area contributed by atoms with Gasteiger partial charge in [0.25, 0.3) is 0 Å². The fourth-order valence-corrected chi connectivity index (χ4v) is 5.43. The Balaban J connectivity index is 1.77. The number of alkyl halides is 1. The number of aromatic nitrogens is 3. The Morgan fingerprint density at radius 1 is 1.26 bits per heavy atom. The molecule has 1 aliphatic heterocycles. The summed E-state index contributed by atoms with van der Waals surface area (Å²) < 4.78 is 18.5. The first-order valence-corrected chi connectivity index (χ1v) is 12.6. The number of aliphatic hydroxyl groups is 1. The van der Waals surface area contributed by atoms with Gasteiger partial charge >= 0.3 is 5.69 Å². The van der Waals surface area contributed by atoms with Crippen LogP contribution >= 0.6 is 11.6 Å². The molecule has 3 atom stereocenters. The normalized spacial score (nSPS) is 23.5. The molecular formula is C27H28ClFN6O3. The number of anilines is 2. The van der Waals surface area contributed by atoms with Crippen molar-refractivity contribution in [1.29, 1.82) is 0 Å². The van der Waals surface area contributed by atoms with Gasteiger partial charge in [-0.15, -0.1) is 11.6 Å². The number of pyridine rings is 1. The van der Waals surface area contributed by atoms with E-state index in [-0.39, 0.29) is 34.6 Å². The van der Waals surface area contributed by atoms with Crippen molar-refractivity contribution in [3.8, 4) is 0 Å². The molecule has 3 heterocycles. The number of halogens is 2. The summed E-state index contributed by atoms with van der Waals surface area (Å²) in [6.07, 6.45) is 3.35. The number of nitrogens with two attached hydrogens (primary N) is 1. The lowest BCUT2D eigenvalue weighted by Gasteiger charge is -2.39. The number of benzene rings is 1. The number of hydrogen-bond acceptors (Lipinski definition) is 6. The SMILES string of the molecule is CC(=O)Nc1cc(C2(Cl)C(n3ccn(C)c3=O)=C(F)C=C(c3ccccc3)[C@@H]2O)cc(N2CCC(N)C2)n1. The minimum Gasteiger partial charge on any atom is -0.386 e. The van der Waals surface area contributed by atoms with Crippen molar-refractivity contribution in [2.45, 2.75) is 30.4 Å². The molecular weight excluding hydrogens is 511 g/mol. The maximum atomic E-state index is 16.1. The molecule has 0 radical (unpaired) electrons. The van der Waals surface area contributed by atoms with Gasteiger partial charge in [-0.3, -0.25) is 9.36 Å². The zero-order chi connectivity index (χ0) is 27.2. The summed E-state index contributed by atoms with van der Waals surface area (Å²) in [6.45, 7) is 2.49. The van der Waals surface area contributed by atoms with Gasteiger partial charge in [0.2, 0.25) is 5.91 Å². The van der Waals surface area contributed by atoms with Crippen LogP contribution < -0.4 is 21.6 Å². The predicted octanol–water partition coefficient (Wildman–Crippen LogP) is 2.81. The van der Waals surface area contributed by atoms with Gasteiger partial charge in [-0.2, -0.15) is 0 Å². The summed E-state index contributed by atoms with van der Waals surface area (Å²) in [4.78, 5) is 29.5. The first-order valence-electron chi connectivity index (χ1n) is 12.2. The highest BCUT2D eigenvalue weighted by atomic mass is 35.5. The van der Waals surface area contributed by atoms with Crippen molar-refractivity contribution in [1.82, 2.24) is 14.1 Å². The van der Waals surface area contributed by atoms with E-state index in [1.165, 1.54) is 43.1 Å². The molecule has 0 saturated carbocycles. The van der Waals surface area contributed by atoms with Crippen LogP contribution in [0.4, 0.5) is 16.0 Å². The number of allylic oxidation sites excluding steroid dienone is 2. The number of amides is 1. The number of aliphatic hydroxyl groups excluding tert-OH is 1. The average molecular weight is 539 g/mol. The standard InChI is InChI=1S/C27H28ClFN6O3/c1-16(36)31-22-12-18(13-23(32-22)34-9-8-19(30)15-34)27(28)24(35-11-10-33(2)26(35)38)21(29)14-20(25(27)37)17-6-4-3-5-7-17/h3-7,10-14,19,25,37H,8-9,15,30H2,1-2H3,(H,31,32,36)/t19?,25-,27?/m0/s1. The molecule has 3 aromatic rings. The Labute approximate surface area is 223 Å². The molecule has 1 aromatic carbocycles. The lowest BCUT2D eigenvalue weighted by atomic mass is 9.79. The monoisotopic (exact) mass is 538 g/mol. The van der Waals surface area contributed by atoms with Crippen LogP contribution in [0.3, 0.4) is 0 Å². The van der Waals surface area contributed by atoms with Gasteiger partial charge in [-0.1, -0.05) is 30.3 Å². The highest BCUT2D eigenvalue weighted by Crippen LogP contribution is 2.52. The Hall–Kier alpha value is -3.73. The van der Waals surface area contributed by atoms with Gasteiger partial charge in [0, 0.05) is 45.5 Å². The number of hydrogen-bond donors (Lipinski definition) is 3. The molecule has 2 aromatic heterocycles. The third kappa shape index (κ3) is 4.44. The maximum Gasteiger partial charge on any atom is 0.332 e. The van der Waals surface area contributed by atoms with Crippen molar-refractivity contribution in [3.05, 3.63) is 88.4 Å². The summed E-state index contributed by atoms with van der Waals surface area (Å²) in [7, 11) is 1.54. The topological polar surface area (TPSA) is 118 Å². The second kappa shape index (κ2) is 9.86. The Bertz CT molecular complexity index is 1510. The van der Waals surface area contributed by atoms with Gasteiger partial charge in [-0.05, 0) is 41.3 Å². The van der Waals surface area contributed by atoms with E-state index in [2.05, 4.69) is 10.3 Å². The van der Waals surface area contributed by atoms with E-state index < -0.39 is 22.5 Å². The molecule has 1 fully saturated rings. The number of nitrogens with zero attached hydrogens (tertiary/aromatic N) is 4. The third-order valence-electron chi connectivity index (χ3n) is 6.90. The zero-order valence-corrected chi connectivity index (χ0v) is 21.7. The summed E-state index contributed by atoms with van der Waals surface area (Å²) in [5, 5.41) is 14.5. The van der Waals surface area contributed by atoms with Gasteiger partial charge in [0.1, 0.15) is 28.4 Å². The van der Waals surface area contributed by atoms with Crippen LogP contribution in [-0.4, -0.2) is 50.4 Å². The number of rotatable bonds is 5. The minimum atomic E-state index is -1.97. The third-order valence-corrected chi connectivity index (χ3v) is 7.51. The molecule has 0 spiro atoms. The van der Waals surface area contributed by atoms with Crippen LogP contribution in [-0.2, 0) is 16.7 Å². The average Bonchev–Trinajstić information content (AvgIpc) is 3.47. The largest absolute Gasteiger partial charge is 0.386 e. The molecule has 0 bridgehead atoms. The molecule has 1 saturated heterocycles. The van der Waals surface area contributed by atoms with Crippen molar-refractivity contribution in [3.63, 3.8) is 0 Å². The Kier molecular flexibility index (Phi) is 6.72. The first kappa shape index (κ1) is 25.9. The molecule has 198 valence electrons. The summed E-state index contributed by atoms with van der Waals surface area (Å²) >= 11 is 7.35. The zero-order valence-electron chi connectivity index (χ0n) is 20.9. The van der Waals surface area contributed by atoms with Crippen molar-refractivity contribution in [2.24, 2.45) is 12.8 Å². The summed E-state index contributed by atoms with van der Waals surface area (Å²) in [6, 6.07) is 11.9. The number of imidazole rings is 1. The van der Waals surface area contributed by atoms with Crippen LogP contribution in [0.15, 0.2) is 71.6 Å². The maximum absolute atomic E-state index is 16.1. The van der Waals surface area contributed by atoms with Crippen molar-refractivity contribution in [2.75, 3.05) is 23.3 Å². The quantitative estimate of drug-likeness (QED) is 0.430. The van der Waals surface area contributed by atoms with Crippen LogP contribution in [0.5, 0.6) is 0 Å². The van der Waals surface area contributed by atoms with E-state index in [4.69, 9.17) is 17.3 Å². The molecule has 2 unspecified atom stereocenters. The number of carbonyl (C=O) groups is 1. The van der Waals surface area contributed by atoms with Gasteiger partial charge in [0.15, 0.2) is 0 Å². The molecule has 38 heavy (non-hydrogen) atoms.